The molecule has 2 aromatic rings. The average Bonchev–Trinajstić information content (AvgIpc) is 2.70. The Bertz CT molecular complexity index is 885. The summed E-state index contributed by atoms with van der Waals surface area (Å²) in [5.41, 5.74) is 2.22. The van der Waals surface area contributed by atoms with Crippen molar-refractivity contribution in [1.82, 2.24) is 4.72 Å². The molecule has 3 rings (SSSR count). The Morgan fingerprint density at radius 3 is 2.30 bits per heavy atom. The summed E-state index contributed by atoms with van der Waals surface area (Å²) in [5.74, 6) is -0.475. The molecule has 0 atom stereocenters. The second-order valence-electron chi connectivity index (χ2n) is 5.89. The maximum absolute atomic E-state index is 12.1. The van der Waals surface area contributed by atoms with Gasteiger partial charge in [-0.3, -0.25) is 4.79 Å². The van der Waals surface area contributed by atoms with Gasteiger partial charge in [0.1, 0.15) is 4.90 Å². The van der Waals surface area contributed by atoms with Crippen LogP contribution in [0.3, 0.4) is 0 Å². The fraction of sp³-hybridized carbons (Fsp3) is 0.235. The van der Waals surface area contributed by atoms with Gasteiger partial charge >= 0.3 is 0 Å². The van der Waals surface area contributed by atoms with E-state index in [9.17, 15) is 13.2 Å². The van der Waals surface area contributed by atoms with Crippen molar-refractivity contribution in [3.05, 3.63) is 53.1 Å². The van der Waals surface area contributed by atoms with E-state index in [0.29, 0.717) is 0 Å². The summed E-state index contributed by atoms with van der Waals surface area (Å²) in [6.07, 6.45) is 0. The predicted molar refractivity (Wildman–Crippen MR) is 90.5 cm³/mol. The zero-order valence-electron chi connectivity index (χ0n) is 13.1. The highest BCUT2D eigenvalue weighted by atomic mass is 32.2. The van der Waals surface area contributed by atoms with Crippen molar-refractivity contribution in [2.24, 2.45) is 0 Å². The van der Waals surface area contributed by atoms with Crippen LogP contribution >= 0.6 is 11.8 Å². The summed E-state index contributed by atoms with van der Waals surface area (Å²) in [6.45, 7) is 5.92. The largest absolute Gasteiger partial charge is 0.268 e. The highest BCUT2D eigenvalue weighted by molar-refractivity contribution is 7.99. The van der Waals surface area contributed by atoms with Crippen molar-refractivity contribution >= 4 is 27.7 Å². The van der Waals surface area contributed by atoms with Crippen LogP contribution in [0, 0.1) is 6.92 Å². The number of fused-ring (bicyclic) bond motifs is 1. The number of aryl methyl sites for hydroxylation is 1. The summed E-state index contributed by atoms with van der Waals surface area (Å²) in [6, 6.07) is 11.5. The lowest BCUT2D eigenvalue weighted by atomic mass is 9.97. The molecular formula is C17H17NO3S2. The maximum Gasteiger partial charge on any atom is 0.266 e. The summed E-state index contributed by atoms with van der Waals surface area (Å²) in [7, 11) is -3.75. The first-order valence-corrected chi connectivity index (χ1v) is 9.57. The van der Waals surface area contributed by atoms with Gasteiger partial charge in [-0.1, -0.05) is 43.3 Å². The van der Waals surface area contributed by atoms with Gasteiger partial charge in [0.2, 0.25) is 0 Å². The molecular weight excluding hydrogens is 330 g/mol. The van der Waals surface area contributed by atoms with E-state index in [1.165, 1.54) is 17.3 Å². The highest BCUT2D eigenvalue weighted by Crippen LogP contribution is 2.37. The van der Waals surface area contributed by atoms with Crippen molar-refractivity contribution in [3.63, 3.8) is 0 Å². The molecule has 0 saturated heterocycles. The Morgan fingerprint density at radius 1 is 1.04 bits per heavy atom. The molecule has 23 heavy (non-hydrogen) atoms. The number of rotatable bonds is 3. The number of carbonyl (C=O) groups excluding carboxylic acids is 1. The van der Waals surface area contributed by atoms with Crippen molar-refractivity contribution in [1.29, 1.82) is 0 Å². The molecule has 0 bridgehead atoms. The lowest BCUT2D eigenvalue weighted by Gasteiger charge is -2.12. The molecule has 2 aromatic carbocycles. The Labute approximate surface area is 140 Å². The minimum Gasteiger partial charge on any atom is -0.268 e. The number of nitrogens with one attached hydrogen (secondary N) is 1. The van der Waals surface area contributed by atoms with E-state index in [2.05, 4.69) is 4.72 Å². The van der Waals surface area contributed by atoms with Crippen LogP contribution in [0.15, 0.2) is 51.1 Å². The minimum absolute atomic E-state index is 0.0568. The van der Waals surface area contributed by atoms with Crippen molar-refractivity contribution in [3.8, 4) is 0 Å². The van der Waals surface area contributed by atoms with E-state index in [-0.39, 0.29) is 16.4 Å². The monoisotopic (exact) mass is 347 g/mol. The quantitative estimate of drug-likeness (QED) is 0.919. The molecule has 4 nitrogen and oxygen atoms in total. The van der Waals surface area contributed by atoms with Gasteiger partial charge in [-0.2, -0.15) is 0 Å². The smallest absolute Gasteiger partial charge is 0.266 e. The molecule has 0 saturated carbocycles. The molecule has 0 spiro atoms. The van der Waals surface area contributed by atoms with Crippen LogP contribution in [0.5, 0.6) is 0 Å². The van der Waals surface area contributed by atoms with E-state index in [0.717, 1.165) is 15.4 Å². The standard InChI is InChI=1S/C17H17NO3S2/c1-10(2)14-8-13(22-12-6-4-11(3)5-7-12)9-15-16(14)17(19)18-23(15,20)21/h4-10H,1-3H3,(H,18,19). The number of sulfonamides is 1. The number of amides is 1. The molecule has 1 heterocycles. The van der Waals surface area contributed by atoms with E-state index < -0.39 is 15.9 Å². The lowest BCUT2D eigenvalue weighted by molar-refractivity contribution is 0.0984. The Kier molecular flexibility index (Phi) is 3.98. The first-order valence-electron chi connectivity index (χ1n) is 7.27. The van der Waals surface area contributed by atoms with E-state index >= 15 is 0 Å². The fourth-order valence-electron chi connectivity index (χ4n) is 2.55. The lowest BCUT2D eigenvalue weighted by Crippen LogP contribution is -2.21. The Hall–Kier alpha value is -1.79. The van der Waals surface area contributed by atoms with E-state index in [4.69, 9.17) is 0 Å². The van der Waals surface area contributed by atoms with Crippen LogP contribution in [0.4, 0.5) is 0 Å². The molecule has 0 fully saturated rings. The number of hydrogen-bond acceptors (Lipinski definition) is 4. The molecule has 6 heteroatoms. The fourth-order valence-corrected chi connectivity index (χ4v) is 4.75. The van der Waals surface area contributed by atoms with Gasteiger partial charge in [-0.15, -0.1) is 0 Å². The van der Waals surface area contributed by atoms with Crippen molar-refractivity contribution in [2.75, 3.05) is 0 Å². The number of benzene rings is 2. The van der Waals surface area contributed by atoms with Crippen LogP contribution < -0.4 is 4.72 Å². The first kappa shape index (κ1) is 16.1. The van der Waals surface area contributed by atoms with E-state index in [1.54, 1.807) is 6.07 Å². The summed E-state index contributed by atoms with van der Waals surface area (Å²) >= 11 is 1.49. The molecule has 0 unspecified atom stereocenters. The van der Waals surface area contributed by atoms with Gasteiger partial charge < -0.3 is 0 Å². The van der Waals surface area contributed by atoms with Gasteiger partial charge in [-0.05, 0) is 42.7 Å². The van der Waals surface area contributed by atoms with Crippen molar-refractivity contribution in [2.45, 2.75) is 41.4 Å². The summed E-state index contributed by atoms with van der Waals surface area (Å²) in [5, 5.41) is 0. The molecule has 120 valence electrons. The topological polar surface area (TPSA) is 63.2 Å². The third-order valence-corrected chi connectivity index (χ3v) is 6.06. The first-order chi connectivity index (χ1) is 10.8. The van der Waals surface area contributed by atoms with Gasteiger partial charge in [-0.25, -0.2) is 13.1 Å². The van der Waals surface area contributed by atoms with Gasteiger partial charge in [0.15, 0.2) is 0 Å². The summed E-state index contributed by atoms with van der Waals surface area (Å²) in [4.78, 5) is 13.9. The van der Waals surface area contributed by atoms with Gasteiger partial charge in [0.25, 0.3) is 15.9 Å². The second kappa shape index (κ2) is 5.69. The molecule has 0 radical (unpaired) electrons. The van der Waals surface area contributed by atoms with Gasteiger partial charge in [0, 0.05) is 9.79 Å². The third kappa shape index (κ3) is 3.01. The zero-order chi connectivity index (χ0) is 16.8. The second-order valence-corrected chi connectivity index (χ2v) is 8.69. The summed E-state index contributed by atoms with van der Waals surface area (Å²) < 4.78 is 26.4. The number of hydrogen-bond donors (Lipinski definition) is 1. The van der Waals surface area contributed by atoms with Crippen molar-refractivity contribution < 1.29 is 13.2 Å². The average molecular weight is 347 g/mol. The SMILES string of the molecule is Cc1ccc(Sc2cc(C(C)C)c3c(c2)S(=O)(=O)NC3=O)cc1. The zero-order valence-corrected chi connectivity index (χ0v) is 14.7. The molecule has 0 aliphatic carbocycles. The van der Waals surface area contributed by atoms with Crippen LogP contribution in [-0.2, 0) is 10.0 Å². The molecule has 1 amide bonds. The van der Waals surface area contributed by atoms with Crippen LogP contribution in [0.1, 0.15) is 41.3 Å². The Balaban J connectivity index is 2.11. The van der Waals surface area contributed by atoms with E-state index in [1.807, 2.05) is 51.1 Å². The predicted octanol–water partition coefficient (Wildman–Crippen LogP) is 3.70. The van der Waals surface area contributed by atoms with Crippen LogP contribution in [0.2, 0.25) is 0 Å². The minimum atomic E-state index is -3.75. The normalized spacial score (nSPS) is 15.6. The maximum atomic E-state index is 12.1. The van der Waals surface area contributed by atoms with Crippen LogP contribution in [0.25, 0.3) is 0 Å². The highest BCUT2D eigenvalue weighted by Gasteiger charge is 2.35. The molecule has 1 aliphatic heterocycles. The number of carbonyl (C=O) groups is 1. The molecule has 1 aliphatic rings. The molecule has 0 aromatic heterocycles. The van der Waals surface area contributed by atoms with Crippen LogP contribution in [-0.4, -0.2) is 14.3 Å². The molecule has 1 N–H and O–H groups in total. The third-order valence-electron chi connectivity index (χ3n) is 3.73. The van der Waals surface area contributed by atoms with Gasteiger partial charge in [0.05, 0.1) is 5.56 Å². The Morgan fingerprint density at radius 2 is 1.70 bits per heavy atom.